The van der Waals surface area contributed by atoms with Crippen molar-refractivity contribution < 1.29 is 23.1 Å². The summed E-state index contributed by atoms with van der Waals surface area (Å²) in [7, 11) is 0. The van der Waals surface area contributed by atoms with Gasteiger partial charge in [0.1, 0.15) is 5.54 Å². The Labute approximate surface area is 119 Å². The molecule has 0 bridgehead atoms. The van der Waals surface area contributed by atoms with E-state index < -0.39 is 40.2 Å². The molecule has 1 aliphatic rings. The lowest BCUT2D eigenvalue weighted by molar-refractivity contribution is 0.0900. The molecule has 0 aliphatic heterocycles. The van der Waals surface area contributed by atoms with Crippen molar-refractivity contribution in [2.24, 2.45) is 5.92 Å². The molecular formula is C14H13F3N2O2. The summed E-state index contributed by atoms with van der Waals surface area (Å²) in [5, 5.41) is 20.8. The number of nitrogens with one attached hydrogen (secondary N) is 1. The fourth-order valence-corrected chi connectivity index (χ4v) is 2.59. The Hall–Kier alpha value is -2.23. The summed E-state index contributed by atoms with van der Waals surface area (Å²) in [6, 6.07) is 2.37. The predicted molar refractivity (Wildman–Crippen MR) is 66.8 cm³/mol. The van der Waals surface area contributed by atoms with E-state index in [2.05, 4.69) is 5.32 Å². The summed E-state index contributed by atoms with van der Waals surface area (Å²) in [5.41, 5.74) is -2.00. The number of nitrogens with zero attached hydrogens (tertiary/aromatic N) is 1. The molecule has 0 heterocycles. The summed E-state index contributed by atoms with van der Waals surface area (Å²) in [4.78, 5) is 12.0. The van der Waals surface area contributed by atoms with Gasteiger partial charge in [0.2, 0.25) is 5.82 Å². The smallest absolute Gasteiger partial charge is 0.255 e. The molecule has 1 aromatic carbocycles. The second-order valence-corrected chi connectivity index (χ2v) is 5.21. The van der Waals surface area contributed by atoms with Gasteiger partial charge in [0.25, 0.3) is 5.91 Å². The van der Waals surface area contributed by atoms with Crippen LogP contribution < -0.4 is 5.32 Å². The SMILES string of the molecule is CC1CCCC1(C#N)NC(=O)c1cc(F)c(F)c(O)c1F. The number of amides is 1. The fourth-order valence-electron chi connectivity index (χ4n) is 2.59. The minimum Gasteiger partial charge on any atom is -0.503 e. The van der Waals surface area contributed by atoms with Crippen molar-refractivity contribution in [1.29, 1.82) is 5.26 Å². The van der Waals surface area contributed by atoms with Gasteiger partial charge in [-0.2, -0.15) is 9.65 Å². The van der Waals surface area contributed by atoms with Gasteiger partial charge in [-0.05, 0) is 31.2 Å². The minimum absolute atomic E-state index is 0.145. The largest absolute Gasteiger partial charge is 0.503 e. The Kier molecular flexibility index (Phi) is 3.81. The van der Waals surface area contributed by atoms with Crippen LogP contribution in [0.3, 0.4) is 0 Å². The number of halogens is 3. The lowest BCUT2D eigenvalue weighted by Crippen LogP contribution is -2.49. The van der Waals surface area contributed by atoms with E-state index in [1.807, 2.05) is 6.07 Å². The standard InChI is InChI=1S/C14H13F3N2O2/c1-7-3-2-4-14(7,6-18)19-13(21)8-5-9(15)11(17)12(20)10(8)16/h5,7,20H,2-4H2,1H3,(H,19,21). The van der Waals surface area contributed by atoms with Crippen LogP contribution in [0, 0.1) is 34.7 Å². The number of phenolic OH excluding ortho intramolecular Hbond substituents is 1. The van der Waals surface area contributed by atoms with Crippen LogP contribution in [0.5, 0.6) is 5.75 Å². The summed E-state index contributed by atoms with van der Waals surface area (Å²) >= 11 is 0. The highest BCUT2D eigenvalue weighted by Crippen LogP contribution is 2.35. The second-order valence-electron chi connectivity index (χ2n) is 5.21. The number of hydrogen-bond acceptors (Lipinski definition) is 3. The Morgan fingerprint density at radius 2 is 2.14 bits per heavy atom. The van der Waals surface area contributed by atoms with E-state index in [1.165, 1.54) is 0 Å². The third-order valence-electron chi connectivity index (χ3n) is 3.96. The van der Waals surface area contributed by atoms with Gasteiger partial charge in [-0.3, -0.25) is 4.79 Å². The van der Waals surface area contributed by atoms with Crippen LogP contribution in [0.15, 0.2) is 6.07 Å². The molecule has 0 aromatic heterocycles. The predicted octanol–water partition coefficient (Wildman–Crippen LogP) is 2.62. The van der Waals surface area contributed by atoms with Gasteiger partial charge in [-0.15, -0.1) is 0 Å². The van der Waals surface area contributed by atoms with Crippen LogP contribution in [0.25, 0.3) is 0 Å². The molecule has 2 N–H and O–H groups in total. The first-order valence-corrected chi connectivity index (χ1v) is 6.42. The van der Waals surface area contributed by atoms with E-state index in [9.17, 15) is 23.2 Å². The molecule has 1 aliphatic carbocycles. The first kappa shape index (κ1) is 15.2. The number of nitriles is 1. The van der Waals surface area contributed by atoms with Gasteiger partial charge in [0, 0.05) is 0 Å². The number of carbonyl (C=O) groups is 1. The molecule has 2 rings (SSSR count). The zero-order valence-corrected chi connectivity index (χ0v) is 11.2. The summed E-state index contributed by atoms with van der Waals surface area (Å²) < 4.78 is 39.9. The average molecular weight is 298 g/mol. The Morgan fingerprint density at radius 1 is 1.48 bits per heavy atom. The van der Waals surface area contributed by atoms with Crippen LogP contribution in [0.4, 0.5) is 13.2 Å². The molecule has 0 saturated heterocycles. The highest BCUT2D eigenvalue weighted by atomic mass is 19.2. The van der Waals surface area contributed by atoms with Crippen molar-refractivity contribution in [1.82, 2.24) is 5.32 Å². The van der Waals surface area contributed by atoms with E-state index in [-0.39, 0.29) is 5.92 Å². The second kappa shape index (κ2) is 5.28. The number of aromatic hydroxyl groups is 1. The quantitative estimate of drug-likeness (QED) is 0.824. The fraction of sp³-hybridized carbons (Fsp3) is 0.429. The maximum atomic E-state index is 13.7. The third-order valence-corrected chi connectivity index (χ3v) is 3.96. The number of carbonyl (C=O) groups excluding carboxylic acids is 1. The lowest BCUT2D eigenvalue weighted by Gasteiger charge is -2.27. The Bertz CT molecular complexity index is 642. The van der Waals surface area contributed by atoms with Crippen LogP contribution in [-0.2, 0) is 0 Å². The molecule has 4 nitrogen and oxygen atoms in total. The van der Waals surface area contributed by atoms with E-state index in [4.69, 9.17) is 5.11 Å². The molecular weight excluding hydrogens is 285 g/mol. The van der Waals surface area contributed by atoms with Crippen molar-refractivity contribution >= 4 is 5.91 Å². The van der Waals surface area contributed by atoms with E-state index in [1.54, 1.807) is 6.92 Å². The van der Waals surface area contributed by atoms with Gasteiger partial charge in [-0.25, -0.2) is 8.78 Å². The number of rotatable bonds is 2. The van der Waals surface area contributed by atoms with Crippen LogP contribution >= 0.6 is 0 Å². The molecule has 112 valence electrons. The van der Waals surface area contributed by atoms with Crippen LogP contribution in [0.2, 0.25) is 0 Å². The molecule has 1 saturated carbocycles. The number of benzene rings is 1. The molecule has 1 aromatic rings. The van der Waals surface area contributed by atoms with Crippen molar-refractivity contribution in [3.8, 4) is 11.8 Å². The van der Waals surface area contributed by atoms with Gasteiger partial charge < -0.3 is 10.4 Å². The lowest BCUT2D eigenvalue weighted by atomic mass is 9.89. The molecule has 0 spiro atoms. The Balaban J connectivity index is 2.36. The number of phenols is 1. The first-order valence-electron chi connectivity index (χ1n) is 6.42. The van der Waals surface area contributed by atoms with Gasteiger partial charge in [0.15, 0.2) is 17.4 Å². The van der Waals surface area contributed by atoms with E-state index >= 15 is 0 Å². The molecule has 7 heteroatoms. The summed E-state index contributed by atoms with van der Waals surface area (Å²) in [6.45, 7) is 1.77. The van der Waals surface area contributed by atoms with Gasteiger partial charge in [0.05, 0.1) is 11.6 Å². The highest BCUT2D eigenvalue weighted by Gasteiger charge is 2.42. The molecule has 2 atom stereocenters. The average Bonchev–Trinajstić information content (AvgIpc) is 2.82. The maximum Gasteiger partial charge on any atom is 0.255 e. The Morgan fingerprint density at radius 3 is 2.67 bits per heavy atom. The zero-order chi connectivity index (χ0) is 15.8. The molecule has 1 amide bonds. The highest BCUT2D eigenvalue weighted by molar-refractivity contribution is 5.95. The minimum atomic E-state index is -1.76. The van der Waals surface area contributed by atoms with Gasteiger partial charge >= 0.3 is 0 Å². The molecule has 21 heavy (non-hydrogen) atoms. The molecule has 2 unspecified atom stereocenters. The van der Waals surface area contributed by atoms with Crippen molar-refractivity contribution in [2.45, 2.75) is 31.7 Å². The normalized spacial score (nSPS) is 24.6. The summed E-state index contributed by atoms with van der Waals surface area (Å²) in [6.07, 6.45) is 1.84. The van der Waals surface area contributed by atoms with E-state index in [0.29, 0.717) is 12.5 Å². The molecule has 0 radical (unpaired) electrons. The van der Waals surface area contributed by atoms with Crippen molar-refractivity contribution in [2.75, 3.05) is 0 Å². The summed E-state index contributed by atoms with van der Waals surface area (Å²) in [5.74, 6) is -7.60. The van der Waals surface area contributed by atoms with Crippen LogP contribution in [0.1, 0.15) is 36.5 Å². The van der Waals surface area contributed by atoms with E-state index in [0.717, 1.165) is 12.8 Å². The van der Waals surface area contributed by atoms with Crippen LogP contribution in [-0.4, -0.2) is 16.6 Å². The maximum absolute atomic E-state index is 13.7. The van der Waals surface area contributed by atoms with Gasteiger partial charge in [-0.1, -0.05) is 6.92 Å². The first-order chi connectivity index (χ1) is 9.82. The topological polar surface area (TPSA) is 73.1 Å². The monoisotopic (exact) mass is 298 g/mol. The number of hydrogen-bond donors (Lipinski definition) is 2. The van der Waals surface area contributed by atoms with Crippen molar-refractivity contribution in [3.05, 3.63) is 29.1 Å². The zero-order valence-electron chi connectivity index (χ0n) is 11.2. The van der Waals surface area contributed by atoms with Crippen molar-refractivity contribution in [3.63, 3.8) is 0 Å². The molecule has 1 fully saturated rings. The third kappa shape index (κ3) is 2.42.